The number of hydrogen-bond donors (Lipinski definition) is 0. The standard InChI is InChI=1S/C21H16.C10H8.2C3H8.2CH4/c1-15-17-11-5-7-13-19(17)21(16-9-3-2-4-10-16)20-14-8-6-12-18(15)20;1-2-6-10-8-4-3-7-9(10)5-1;2*1-3-2;;/h2-14H,1H3;1-8H;2*3H2,1-2H3;2*1H4. The van der Waals surface area contributed by atoms with Crippen LogP contribution in [0.25, 0.3) is 43.4 Å². The zero-order chi connectivity index (χ0) is 26.5. The quantitative estimate of drug-likeness (QED) is 0.191. The Labute approximate surface area is 238 Å². The molecule has 0 amide bonds. The Kier molecular flexibility index (Phi) is 14.9. The minimum atomic E-state index is 0. The third-order valence-corrected chi connectivity index (χ3v) is 5.92. The molecule has 0 saturated heterocycles. The second-order valence-corrected chi connectivity index (χ2v) is 9.22. The summed E-state index contributed by atoms with van der Waals surface area (Å²) < 4.78 is 0. The molecule has 0 spiro atoms. The van der Waals surface area contributed by atoms with Crippen LogP contribution >= 0.6 is 0 Å². The zero-order valence-electron chi connectivity index (χ0n) is 23.0. The average molecular weight is 517 g/mol. The van der Waals surface area contributed by atoms with E-state index in [1.165, 1.54) is 61.8 Å². The highest BCUT2D eigenvalue weighted by atomic mass is 14.1. The molecule has 0 radical (unpaired) electrons. The molecule has 0 heterocycles. The molecule has 0 aromatic heterocycles. The molecule has 0 nitrogen and oxygen atoms in total. The van der Waals surface area contributed by atoms with E-state index in [4.69, 9.17) is 0 Å². The predicted molar refractivity (Wildman–Crippen MR) is 181 cm³/mol. The van der Waals surface area contributed by atoms with Crippen LogP contribution in [0.15, 0.2) is 127 Å². The maximum atomic E-state index is 2.23. The van der Waals surface area contributed by atoms with Gasteiger partial charge < -0.3 is 0 Å². The van der Waals surface area contributed by atoms with Gasteiger partial charge in [-0.1, -0.05) is 183 Å². The molecule has 0 bridgehead atoms. The summed E-state index contributed by atoms with van der Waals surface area (Å²) in [5, 5.41) is 7.97. The van der Waals surface area contributed by atoms with E-state index in [-0.39, 0.29) is 14.9 Å². The van der Waals surface area contributed by atoms with Crippen molar-refractivity contribution in [1.82, 2.24) is 0 Å². The molecule has 6 aromatic rings. The van der Waals surface area contributed by atoms with E-state index in [1.807, 2.05) is 0 Å². The van der Waals surface area contributed by atoms with E-state index in [9.17, 15) is 0 Å². The Morgan fingerprint density at radius 2 is 0.667 bits per heavy atom. The minimum absolute atomic E-state index is 0. The molecule has 0 heteroatoms. The van der Waals surface area contributed by atoms with Gasteiger partial charge in [0.15, 0.2) is 0 Å². The number of aryl methyl sites for hydroxylation is 1. The van der Waals surface area contributed by atoms with Crippen molar-refractivity contribution < 1.29 is 0 Å². The van der Waals surface area contributed by atoms with Crippen LogP contribution in [0, 0.1) is 6.92 Å². The lowest BCUT2D eigenvalue weighted by atomic mass is 9.89. The fourth-order valence-corrected chi connectivity index (χ4v) is 4.40. The first-order valence-electron chi connectivity index (χ1n) is 13.5. The molecule has 0 aliphatic rings. The average Bonchev–Trinajstić information content (AvgIpc) is 2.95. The van der Waals surface area contributed by atoms with Gasteiger partial charge in [-0.2, -0.15) is 0 Å². The van der Waals surface area contributed by atoms with E-state index < -0.39 is 0 Å². The Hall–Kier alpha value is -3.90. The van der Waals surface area contributed by atoms with Crippen molar-refractivity contribution in [3.05, 3.63) is 133 Å². The summed E-state index contributed by atoms with van der Waals surface area (Å²) in [4.78, 5) is 0. The molecular formula is C39H48. The minimum Gasteiger partial charge on any atom is -0.0776 e. The number of benzene rings is 6. The normalized spacial score (nSPS) is 9.46. The van der Waals surface area contributed by atoms with Crippen LogP contribution in [-0.4, -0.2) is 0 Å². The van der Waals surface area contributed by atoms with Crippen molar-refractivity contribution in [3.63, 3.8) is 0 Å². The second-order valence-electron chi connectivity index (χ2n) is 9.22. The van der Waals surface area contributed by atoms with Gasteiger partial charge in [-0.15, -0.1) is 0 Å². The first-order chi connectivity index (χ1) is 18.2. The van der Waals surface area contributed by atoms with E-state index in [2.05, 4.69) is 162 Å². The van der Waals surface area contributed by atoms with Gasteiger partial charge in [0.2, 0.25) is 0 Å². The van der Waals surface area contributed by atoms with Crippen LogP contribution in [0.4, 0.5) is 0 Å². The highest BCUT2D eigenvalue weighted by Crippen LogP contribution is 2.38. The van der Waals surface area contributed by atoms with Crippen LogP contribution in [0.1, 0.15) is 61.0 Å². The van der Waals surface area contributed by atoms with E-state index >= 15 is 0 Å². The van der Waals surface area contributed by atoms with E-state index in [1.54, 1.807) is 0 Å². The van der Waals surface area contributed by atoms with E-state index in [0.717, 1.165) is 0 Å². The van der Waals surface area contributed by atoms with Gasteiger partial charge >= 0.3 is 0 Å². The van der Waals surface area contributed by atoms with Gasteiger partial charge in [0.1, 0.15) is 0 Å². The van der Waals surface area contributed by atoms with Crippen molar-refractivity contribution >= 4 is 32.3 Å². The first kappa shape index (κ1) is 33.1. The number of rotatable bonds is 1. The zero-order valence-corrected chi connectivity index (χ0v) is 23.0. The Morgan fingerprint density at radius 3 is 1.03 bits per heavy atom. The molecule has 0 unspecified atom stereocenters. The molecule has 0 aliphatic heterocycles. The maximum absolute atomic E-state index is 2.23. The van der Waals surface area contributed by atoms with Gasteiger partial charge in [0.25, 0.3) is 0 Å². The molecule has 6 rings (SSSR count). The molecule has 0 N–H and O–H groups in total. The maximum Gasteiger partial charge on any atom is -0.00266 e. The van der Waals surface area contributed by atoms with Crippen molar-refractivity contribution in [1.29, 1.82) is 0 Å². The van der Waals surface area contributed by atoms with Crippen LogP contribution in [-0.2, 0) is 0 Å². The van der Waals surface area contributed by atoms with Gasteiger partial charge in [0, 0.05) is 0 Å². The molecule has 39 heavy (non-hydrogen) atoms. The summed E-state index contributed by atoms with van der Waals surface area (Å²) in [5.41, 5.74) is 3.98. The number of hydrogen-bond acceptors (Lipinski definition) is 0. The summed E-state index contributed by atoms with van der Waals surface area (Å²) in [6.07, 6.45) is 2.50. The largest absolute Gasteiger partial charge is 0.0776 e. The Balaban J connectivity index is 0.000000356. The summed E-state index contributed by atoms with van der Waals surface area (Å²) >= 11 is 0. The summed E-state index contributed by atoms with van der Waals surface area (Å²) in [7, 11) is 0. The number of fused-ring (bicyclic) bond motifs is 3. The van der Waals surface area contributed by atoms with Crippen molar-refractivity contribution in [3.8, 4) is 11.1 Å². The highest BCUT2D eigenvalue weighted by molar-refractivity contribution is 6.14. The SMILES string of the molecule is C.C.CCC.CCC.Cc1c2ccccc2c(-c2ccccc2)c2ccccc12.c1ccc2ccccc2c1. The van der Waals surface area contributed by atoms with Gasteiger partial charge in [-0.05, 0) is 55.9 Å². The third kappa shape index (κ3) is 8.55. The van der Waals surface area contributed by atoms with Crippen LogP contribution < -0.4 is 0 Å². The van der Waals surface area contributed by atoms with Gasteiger partial charge in [-0.25, -0.2) is 0 Å². The van der Waals surface area contributed by atoms with Crippen LogP contribution in [0.5, 0.6) is 0 Å². The smallest absolute Gasteiger partial charge is 0.00266 e. The monoisotopic (exact) mass is 516 g/mol. The first-order valence-corrected chi connectivity index (χ1v) is 13.5. The fourth-order valence-electron chi connectivity index (χ4n) is 4.40. The summed E-state index contributed by atoms with van der Waals surface area (Å²) in [6.45, 7) is 10.7. The lowest BCUT2D eigenvalue weighted by molar-refractivity contribution is 1.09. The van der Waals surface area contributed by atoms with Crippen LogP contribution in [0.2, 0.25) is 0 Å². The second kappa shape index (κ2) is 17.6. The Morgan fingerprint density at radius 1 is 0.385 bits per heavy atom. The molecule has 0 fully saturated rings. The predicted octanol–water partition coefficient (Wildman–Crippen LogP) is 12.9. The van der Waals surface area contributed by atoms with Gasteiger partial charge in [0.05, 0.1) is 0 Å². The molecule has 6 aromatic carbocycles. The van der Waals surface area contributed by atoms with Crippen molar-refractivity contribution in [2.45, 2.75) is 62.3 Å². The molecule has 0 atom stereocenters. The van der Waals surface area contributed by atoms with Crippen molar-refractivity contribution in [2.75, 3.05) is 0 Å². The summed E-state index contributed by atoms with van der Waals surface area (Å²) in [6, 6.07) is 44.8. The topological polar surface area (TPSA) is 0 Å². The molecular weight excluding hydrogens is 468 g/mol. The lowest BCUT2D eigenvalue weighted by Gasteiger charge is -2.15. The lowest BCUT2D eigenvalue weighted by Crippen LogP contribution is -1.88. The summed E-state index contributed by atoms with van der Waals surface area (Å²) in [5.74, 6) is 0. The van der Waals surface area contributed by atoms with E-state index in [0.29, 0.717) is 0 Å². The third-order valence-electron chi connectivity index (χ3n) is 5.92. The highest BCUT2D eigenvalue weighted by Gasteiger charge is 2.11. The fraction of sp³-hybridized carbons (Fsp3) is 0.231. The van der Waals surface area contributed by atoms with Crippen molar-refractivity contribution in [2.24, 2.45) is 0 Å². The van der Waals surface area contributed by atoms with Crippen LogP contribution in [0.3, 0.4) is 0 Å². The molecule has 204 valence electrons. The molecule has 0 saturated carbocycles. The van der Waals surface area contributed by atoms with Gasteiger partial charge in [-0.3, -0.25) is 0 Å². The Bertz CT molecular complexity index is 1390. The molecule has 0 aliphatic carbocycles.